The lowest BCUT2D eigenvalue weighted by Gasteiger charge is -2.26. The maximum Gasteiger partial charge on any atom is 0.335 e. The number of carbonyl (C=O) groups is 3. The van der Waals surface area contributed by atoms with Crippen LogP contribution in [0.2, 0.25) is 0 Å². The van der Waals surface area contributed by atoms with Gasteiger partial charge in [-0.3, -0.25) is 14.9 Å². The largest absolute Gasteiger partial charge is 0.492 e. The molecule has 4 amide bonds. The highest BCUT2D eigenvalue weighted by molar-refractivity contribution is 9.11. The average Bonchev–Trinajstić information content (AvgIpc) is 3.16. The van der Waals surface area contributed by atoms with Crippen LogP contribution in [0.4, 0.5) is 10.5 Å². The Bertz CT molecular complexity index is 1090. The van der Waals surface area contributed by atoms with Crippen LogP contribution in [0, 0.1) is 0 Å². The van der Waals surface area contributed by atoms with Crippen LogP contribution >= 0.6 is 31.9 Å². The van der Waals surface area contributed by atoms with Gasteiger partial charge in [0.15, 0.2) is 11.5 Å². The van der Waals surface area contributed by atoms with Gasteiger partial charge in [0.2, 0.25) is 6.79 Å². The number of benzene rings is 2. The predicted molar refractivity (Wildman–Crippen MR) is 115 cm³/mol. The summed E-state index contributed by atoms with van der Waals surface area (Å²) in [7, 11) is 0. The second-order valence-corrected chi connectivity index (χ2v) is 7.95. The summed E-state index contributed by atoms with van der Waals surface area (Å²) in [4.78, 5) is 38.7. The molecule has 2 aromatic rings. The highest BCUT2D eigenvalue weighted by Gasteiger charge is 2.37. The zero-order chi connectivity index (χ0) is 21.4. The molecule has 2 aliphatic heterocycles. The molecule has 154 valence electrons. The molecule has 1 N–H and O–H groups in total. The van der Waals surface area contributed by atoms with Crippen molar-refractivity contribution >= 4 is 61.5 Å². The summed E-state index contributed by atoms with van der Waals surface area (Å²) in [6.45, 7) is 2.40. The lowest BCUT2D eigenvalue weighted by atomic mass is 10.1. The molecule has 0 atom stereocenters. The minimum Gasteiger partial charge on any atom is -0.492 e. The standard InChI is InChI=1S/C20H14Br2N2O6/c1-2-28-17-13(21)6-10(7-14(17)22)5-12-18(25)23-20(27)24(19(12)26)11-3-4-15-16(8-11)30-9-29-15/h3-8H,2,9H2,1H3,(H,23,25,27)/b12-5+. The molecular weight excluding hydrogens is 524 g/mol. The van der Waals surface area contributed by atoms with Gasteiger partial charge in [0.05, 0.1) is 21.2 Å². The number of hydrogen-bond acceptors (Lipinski definition) is 6. The van der Waals surface area contributed by atoms with E-state index in [1.54, 1.807) is 24.3 Å². The van der Waals surface area contributed by atoms with E-state index in [1.165, 1.54) is 12.1 Å². The molecule has 0 radical (unpaired) electrons. The lowest BCUT2D eigenvalue weighted by Crippen LogP contribution is -2.54. The Morgan fingerprint density at radius 3 is 2.50 bits per heavy atom. The van der Waals surface area contributed by atoms with E-state index in [-0.39, 0.29) is 18.1 Å². The molecule has 4 rings (SSSR count). The van der Waals surface area contributed by atoms with Gasteiger partial charge in [-0.2, -0.15) is 0 Å². The molecule has 0 aromatic heterocycles. The SMILES string of the molecule is CCOc1c(Br)cc(/C=C2\C(=O)NC(=O)N(c3ccc4c(c3)OCO4)C2=O)cc1Br. The Kier molecular flexibility index (Phi) is 5.52. The number of halogens is 2. The number of fused-ring (bicyclic) bond motifs is 1. The molecular formula is C20H14Br2N2O6. The van der Waals surface area contributed by atoms with Gasteiger partial charge in [-0.05, 0) is 74.7 Å². The molecule has 0 saturated carbocycles. The van der Waals surface area contributed by atoms with Gasteiger partial charge in [0.1, 0.15) is 11.3 Å². The molecule has 2 aliphatic rings. The van der Waals surface area contributed by atoms with Crippen molar-refractivity contribution in [1.82, 2.24) is 5.32 Å². The van der Waals surface area contributed by atoms with Crippen LogP contribution in [0.3, 0.4) is 0 Å². The van der Waals surface area contributed by atoms with Gasteiger partial charge in [0.25, 0.3) is 11.8 Å². The summed E-state index contributed by atoms with van der Waals surface area (Å²) >= 11 is 6.84. The first kappa shape index (κ1) is 20.4. The van der Waals surface area contributed by atoms with Gasteiger partial charge in [-0.15, -0.1) is 0 Å². The Labute approximate surface area is 188 Å². The molecule has 10 heteroatoms. The van der Waals surface area contributed by atoms with Crippen molar-refractivity contribution in [1.29, 1.82) is 0 Å². The van der Waals surface area contributed by atoms with Gasteiger partial charge in [-0.25, -0.2) is 9.69 Å². The van der Waals surface area contributed by atoms with Gasteiger partial charge >= 0.3 is 6.03 Å². The number of ether oxygens (including phenoxy) is 3. The fourth-order valence-corrected chi connectivity index (χ4v) is 4.48. The number of urea groups is 1. The van der Waals surface area contributed by atoms with Crippen LogP contribution < -0.4 is 24.4 Å². The highest BCUT2D eigenvalue weighted by Crippen LogP contribution is 2.37. The molecule has 0 unspecified atom stereocenters. The zero-order valence-electron chi connectivity index (χ0n) is 15.5. The van der Waals surface area contributed by atoms with Gasteiger partial charge in [-0.1, -0.05) is 0 Å². The van der Waals surface area contributed by atoms with Crippen LogP contribution in [-0.2, 0) is 9.59 Å². The molecule has 0 aliphatic carbocycles. The van der Waals surface area contributed by atoms with Crippen LogP contribution in [0.1, 0.15) is 12.5 Å². The van der Waals surface area contributed by atoms with Crippen molar-refractivity contribution in [2.24, 2.45) is 0 Å². The molecule has 30 heavy (non-hydrogen) atoms. The number of amides is 4. The third-order valence-electron chi connectivity index (χ3n) is 4.34. The number of nitrogens with zero attached hydrogens (tertiary/aromatic N) is 1. The summed E-state index contributed by atoms with van der Waals surface area (Å²) in [5.74, 6) is 0.0116. The predicted octanol–water partition coefficient (Wildman–Crippen LogP) is 4.01. The van der Waals surface area contributed by atoms with Crippen molar-refractivity contribution in [3.05, 3.63) is 50.4 Å². The van der Waals surface area contributed by atoms with Crippen LogP contribution in [-0.4, -0.2) is 31.2 Å². The van der Waals surface area contributed by atoms with E-state index < -0.39 is 17.8 Å². The van der Waals surface area contributed by atoms with Crippen LogP contribution in [0.15, 0.2) is 44.9 Å². The number of barbiturate groups is 1. The van der Waals surface area contributed by atoms with Crippen molar-refractivity contribution in [2.75, 3.05) is 18.3 Å². The monoisotopic (exact) mass is 536 g/mol. The second kappa shape index (κ2) is 8.11. The minimum atomic E-state index is -0.838. The summed E-state index contributed by atoms with van der Waals surface area (Å²) in [6.07, 6.45) is 1.41. The van der Waals surface area contributed by atoms with E-state index in [0.717, 1.165) is 4.90 Å². The molecule has 2 aromatic carbocycles. The van der Waals surface area contributed by atoms with Gasteiger partial charge < -0.3 is 14.2 Å². The van der Waals surface area contributed by atoms with E-state index in [4.69, 9.17) is 14.2 Å². The second-order valence-electron chi connectivity index (χ2n) is 6.24. The Morgan fingerprint density at radius 1 is 1.10 bits per heavy atom. The number of rotatable bonds is 4. The van der Waals surface area contributed by atoms with E-state index in [9.17, 15) is 14.4 Å². The number of imide groups is 2. The zero-order valence-corrected chi connectivity index (χ0v) is 18.7. The normalized spacial score (nSPS) is 16.8. The number of carbonyl (C=O) groups excluding carboxylic acids is 3. The van der Waals surface area contributed by atoms with Crippen LogP contribution in [0.5, 0.6) is 17.2 Å². The fourth-order valence-electron chi connectivity index (χ4n) is 3.03. The smallest absolute Gasteiger partial charge is 0.335 e. The third-order valence-corrected chi connectivity index (χ3v) is 5.51. The summed E-state index contributed by atoms with van der Waals surface area (Å²) in [5, 5.41) is 2.20. The summed E-state index contributed by atoms with van der Waals surface area (Å²) < 4.78 is 17.4. The Balaban J connectivity index is 1.71. The first-order valence-corrected chi connectivity index (χ1v) is 10.4. The molecule has 0 bridgehead atoms. The summed E-state index contributed by atoms with van der Waals surface area (Å²) in [5.41, 5.74) is 0.639. The third kappa shape index (κ3) is 3.68. The van der Waals surface area contributed by atoms with Crippen molar-refractivity contribution in [3.8, 4) is 17.2 Å². The molecule has 1 saturated heterocycles. The Hall–Kier alpha value is -2.85. The first-order chi connectivity index (χ1) is 14.4. The molecule has 2 heterocycles. The fraction of sp³-hybridized carbons (Fsp3) is 0.150. The quantitative estimate of drug-likeness (QED) is 0.468. The maximum atomic E-state index is 13.0. The van der Waals surface area contributed by atoms with E-state index in [1.807, 2.05) is 6.92 Å². The number of hydrogen-bond donors (Lipinski definition) is 1. The van der Waals surface area contributed by atoms with Gasteiger partial charge in [0, 0.05) is 6.07 Å². The topological polar surface area (TPSA) is 94.2 Å². The lowest BCUT2D eigenvalue weighted by molar-refractivity contribution is -0.122. The van der Waals surface area contributed by atoms with E-state index in [2.05, 4.69) is 37.2 Å². The summed E-state index contributed by atoms with van der Waals surface area (Å²) in [6, 6.07) is 7.24. The van der Waals surface area contributed by atoms with E-state index in [0.29, 0.717) is 38.4 Å². The maximum absolute atomic E-state index is 13.0. The number of nitrogens with one attached hydrogen (secondary N) is 1. The highest BCUT2D eigenvalue weighted by atomic mass is 79.9. The molecule has 1 fully saturated rings. The molecule has 8 nitrogen and oxygen atoms in total. The molecule has 0 spiro atoms. The first-order valence-electron chi connectivity index (χ1n) is 8.82. The minimum absolute atomic E-state index is 0.0596. The van der Waals surface area contributed by atoms with Crippen LogP contribution in [0.25, 0.3) is 6.08 Å². The van der Waals surface area contributed by atoms with Crippen molar-refractivity contribution < 1.29 is 28.6 Å². The Morgan fingerprint density at radius 2 is 1.80 bits per heavy atom. The van der Waals surface area contributed by atoms with Crippen molar-refractivity contribution in [2.45, 2.75) is 6.92 Å². The van der Waals surface area contributed by atoms with E-state index >= 15 is 0 Å². The number of anilines is 1. The average molecular weight is 538 g/mol. The van der Waals surface area contributed by atoms with Crippen molar-refractivity contribution in [3.63, 3.8) is 0 Å².